The van der Waals surface area contributed by atoms with E-state index in [1.165, 1.54) is 23.9 Å². The highest BCUT2D eigenvalue weighted by atomic mass is 32.2. The van der Waals surface area contributed by atoms with Gasteiger partial charge in [0.2, 0.25) is 5.91 Å². The molecule has 0 atom stereocenters. The maximum atomic E-state index is 13.8. The van der Waals surface area contributed by atoms with Crippen LogP contribution in [0.4, 0.5) is 10.2 Å². The van der Waals surface area contributed by atoms with Crippen molar-refractivity contribution in [3.63, 3.8) is 0 Å². The number of hydrogen-bond donors (Lipinski definition) is 1. The van der Waals surface area contributed by atoms with Gasteiger partial charge in [0.05, 0.1) is 21.9 Å². The lowest BCUT2D eigenvalue weighted by Gasteiger charge is -2.13. The number of nitriles is 1. The summed E-state index contributed by atoms with van der Waals surface area (Å²) in [5.74, 6) is 0.441. The van der Waals surface area contributed by atoms with Crippen molar-refractivity contribution in [3.05, 3.63) is 64.4 Å². The Labute approximate surface area is 192 Å². The number of benzene rings is 1. The first-order chi connectivity index (χ1) is 15.4. The minimum Gasteiger partial charge on any atom is -0.310 e. The van der Waals surface area contributed by atoms with E-state index in [-0.39, 0.29) is 11.7 Å². The van der Waals surface area contributed by atoms with Gasteiger partial charge in [0.15, 0.2) is 11.0 Å². The van der Waals surface area contributed by atoms with E-state index in [4.69, 9.17) is 0 Å². The summed E-state index contributed by atoms with van der Waals surface area (Å²) in [4.78, 5) is 13.8. The molecule has 0 aliphatic rings. The fourth-order valence-electron chi connectivity index (χ4n) is 3.36. The smallest absolute Gasteiger partial charge is 0.236 e. The van der Waals surface area contributed by atoms with E-state index in [0.29, 0.717) is 22.2 Å². The molecule has 0 saturated heterocycles. The lowest BCUT2D eigenvalue weighted by atomic mass is 10.2. The number of halogens is 1. The van der Waals surface area contributed by atoms with Crippen molar-refractivity contribution in [1.82, 2.24) is 19.3 Å². The molecule has 1 aromatic carbocycles. The van der Waals surface area contributed by atoms with Crippen LogP contribution < -0.4 is 5.32 Å². The number of aromatic nitrogens is 4. The fourth-order valence-corrected chi connectivity index (χ4v) is 4.81. The second-order valence-electron chi connectivity index (χ2n) is 7.04. The molecule has 10 heteroatoms. The Kier molecular flexibility index (Phi) is 6.12. The quantitative estimate of drug-likeness (QED) is 0.417. The third kappa shape index (κ3) is 4.04. The Bertz CT molecular complexity index is 1330. The SMILES string of the molecule is Cc1c(C#N)c(NC(=O)CSc2nnc(-c3cccs3)n2C)n(-c2cccc(F)c2)c1C. The minimum atomic E-state index is -0.400. The van der Waals surface area contributed by atoms with Crippen LogP contribution in [0.3, 0.4) is 0 Å². The summed E-state index contributed by atoms with van der Waals surface area (Å²) in [6.07, 6.45) is 0. The van der Waals surface area contributed by atoms with Gasteiger partial charge in [-0.25, -0.2) is 4.39 Å². The van der Waals surface area contributed by atoms with E-state index in [1.807, 2.05) is 36.1 Å². The van der Waals surface area contributed by atoms with Crippen LogP contribution in [-0.2, 0) is 11.8 Å². The number of rotatable bonds is 6. The number of hydrogen-bond acceptors (Lipinski definition) is 6. The molecule has 1 N–H and O–H groups in total. The zero-order valence-electron chi connectivity index (χ0n) is 17.6. The summed E-state index contributed by atoms with van der Waals surface area (Å²) in [6.45, 7) is 3.64. The van der Waals surface area contributed by atoms with E-state index in [9.17, 15) is 14.4 Å². The van der Waals surface area contributed by atoms with Gasteiger partial charge in [0.25, 0.3) is 0 Å². The van der Waals surface area contributed by atoms with Crippen molar-refractivity contribution >= 4 is 34.8 Å². The summed E-state index contributed by atoms with van der Waals surface area (Å²) in [7, 11) is 1.85. The molecule has 0 fully saturated rings. The molecule has 0 bridgehead atoms. The van der Waals surface area contributed by atoms with Gasteiger partial charge in [0, 0.05) is 12.7 Å². The van der Waals surface area contributed by atoms with Gasteiger partial charge in [-0.05, 0) is 49.1 Å². The Hall–Kier alpha value is -3.42. The highest BCUT2D eigenvalue weighted by Gasteiger charge is 2.21. The molecule has 3 heterocycles. The molecule has 0 aliphatic carbocycles. The van der Waals surface area contributed by atoms with Gasteiger partial charge in [0.1, 0.15) is 17.7 Å². The first-order valence-corrected chi connectivity index (χ1v) is 11.5. The van der Waals surface area contributed by atoms with Crippen LogP contribution in [-0.4, -0.2) is 31.0 Å². The van der Waals surface area contributed by atoms with Crippen LogP contribution in [0.1, 0.15) is 16.8 Å². The number of carbonyl (C=O) groups excluding carboxylic acids is 1. The van der Waals surface area contributed by atoms with Gasteiger partial charge in [-0.3, -0.25) is 9.36 Å². The first-order valence-electron chi connectivity index (χ1n) is 9.64. The highest BCUT2D eigenvalue weighted by Crippen LogP contribution is 2.31. The second kappa shape index (κ2) is 8.98. The molecule has 32 heavy (non-hydrogen) atoms. The van der Waals surface area contributed by atoms with Gasteiger partial charge in [-0.15, -0.1) is 21.5 Å². The van der Waals surface area contributed by atoms with Gasteiger partial charge >= 0.3 is 0 Å². The summed E-state index contributed by atoms with van der Waals surface area (Å²) in [6, 6.07) is 12.1. The Morgan fingerprint density at radius 1 is 1.28 bits per heavy atom. The molecule has 0 aliphatic heterocycles. The molecule has 162 valence electrons. The minimum absolute atomic E-state index is 0.0771. The van der Waals surface area contributed by atoms with Gasteiger partial charge in [-0.2, -0.15) is 5.26 Å². The number of nitrogens with zero attached hydrogens (tertiary/aromatic N) is 5. The van der Waals surface area contributed by atoms with E-state index >= 15 is 0 Å². The second-order valence-corrected chi connectivity index (χ2v) is 8.93. The summed E-state index contributed by atoms with van der Waals surface area (Å²) >= 11 is 2.82. The number of thioether (sulfide) groups is 1. The van der Waals surface area contributed by atoms with E-state index in [1.54, 1.807) is 35.0 Å². The van der Waals surface area contributed by atoms with Crippen molar-refractivity contribution in [2.45, 2.75) is 19.0 Å². The molecular formula is C22H19FN6OS2. The largest absolute Gasteiger partial charge is 0.310 e. The van der Waals surface area contributed by atoms with Crippen LogP contribution in [0.2, 0.25) is 0 Å². The number of anilines is 1. The molecule has 3 aromatic heterocycles. The van der Waals surface area contributed by atoms with Crippen LogP contribution in [0.15, 0.2) is 46.9 Å². The van der Waals surface area contributed by atoms with Crippen molar-refractivity contribution in [1.29, 1.82) is 5.26 Å². The first kappa shape index (κ1) is 21.8. The Morgan fingerprint density at radius 3 is 2.78 bits per heavy atom. The number of nitrogens with one attached hydrogen (secondary N) is 1. The molecule has 0 saturated carbocycles. The van der Waals surface area contributed by atoms with Gasteiger partial charge < -0.3 is 9.88 Å². The molecule has 7 nitrogen and oxygen atoms in total. The van der Waals surface area contributed by atoms with E-state index in [2.05, 4.69) is 21.6 Å². The van der Waals surface area contributed by atoms with Crippen LogP contribution in [0, 0.1) is 31.0 Å². The van der Waals surface area contributed by atoms with E-state index in [0.717, 1.165) is 22.0 Å². The van der Waals surface area contributed by atoms with Crippen molar-refractivity contribution in [2.24, 2.45) is 7.05 Å². The topological polar surface area (TPSA) is 88.5 Å². The zero-order chi connectivity index (χ0) is 22.8. The third-order valence-corrected chi connectivity index (χ3v) is 6.94. The lowest BCUT2D eigenvalue weighted by molar-refractivity contribution is -0.113. The molecule has 4 rings (SSSR count). The maximum Gasteiger partial charge on any atom is 0.236 e. The highest BCUT2D eigenvalue weighted by molar-refractivity contribution is 7.99. The summed E-state index contributed by atoms with van der Waals surface area (Å²) in [5, 5.41) is 23.5. The molecule has 0 spiro atoms. The third-order valence-electron chi connectivity index (χ3n) is 5.06. The predicted molar refractivity (Wildman–Crippen MR) is 124 cm³/mol. The molecule has 0 radical (unpaired) electrons. The summed E-state index contributed by atoms with van der Waals surface area (Å²) < 4.78 is 17.4. The number of carbonyl (C=O) groups is 1. The van der Waals surface area contributed by atoms with Crippen molar-refractivity contribution in [2.75, 3.05) is 11.1 Å². The van der Waals surface area contributed by atoms with Crippen molar-refractivity contribution in [3.8, 4) is 22.5 Å². The summed E-state index contributed by atoms with van der Waals surface area (Å²) in [5.41, 5.74) is 2.37. The molecule has 1 amide bonds. The van der Waals surface area contributed by atoms with Crippen LogP contribution in [0.25, 0.3) is 16.4 Å². The monoisotopic (exact) mass is 466 g/mol. The standard InChI is InChI=1S/C22H19FN6OS2/c1-13-14(2)29(16-7-4-6-15(23)10-16)20(17(13)11-24)25-19(30)12-32-22-27-26-21(28(22)3)18-8-5-9-31-18/h4-10H,12H2,1-3H3,(H,25,30). The zero-order valence-corrected chi connectivity index (χ0v) is 19.2. The Balaban J connectivity index is 1.56. The molecule has 4 aromatic rings. The van der Waals surface area contributed by atoms with Gasteiger partial charge in [-0.1, -0.05) is 23.9 Å². The normalized spacial score (nSPS) is 10.8. The lowest BCUT2D eigenvalue weighted by Crippen LogP contribution is -2.18. The average Bonchev–Trinajstić information content (AvgIpc) is 3.47. The van der Waals surface area contributed by atoms with Crippen LogP contribution in [0.5, 0.6) is 0 Å². The number of thiophene rings is 1. The molecular weight excluding hydrogens is 447 g/mol. The molecule has 0 unspecified atom stereocenters. The Morgan fingerprint density at radius 2 is 2.09 bits per heavy atom. The predicted octanol–water partition coefficient (Wildman–Crippen LogP) is 4.69. The fraction of sp³-hybridized carbons (Fsp3) is 0.182. The number of amides is 1. The van der Waals surface area contributed by atoms with Crippen LogP contribution >= 0.6 is 23.1 Å². The average molecular weight is 467 g/mol. The van der Waals surface area contributed by atoms with E-state index < -0.39 is 5.82 Å². The van der Waals surface area contributed by atoms with Crippen molar-refractivity contribution < 1.29 is 9.18 Å². The maximum absolute atomic E-state index is 13.8.